The number of ether oxygens (including phenoxy) is 2. The van der Waals surface area contributed by atoms with Crippen LogP contribution in [0.4, 0.5) is 0 Å². The first-order valence-corrected chi connectivity index (χ1v) is 7.41. The highest BCUT2D eigenvalue weighted by molar-refractivity contribution is 9.10. The van der Waals surface area contributed by atoms with E-state index in [9.17, 15) is 4.79 Å². The van der Waals surface area contributed by atoms with E-state index in [1.165, 1.54) is 12.8 Å². The lowest BCUT2D eigenvalue weighted by atomic mass is 9.95. The lowest BCUT2D eigenvalue weighted by Crippen LogP contribution is -2.28. The van der Waals surface area contributed by atoms with Gasteiger partial charge in [0.25, 0.3) is 0 Å². The van der Waals surface area contributed by atoms with Gasteiger partial charge in [-0.3, -0.25) is 4.79 Å². The van der Waals surface area contributed by atoms with Crippen molar-refractivity contribution in [3.05, 3.63) is 21.7 Å². The summed E-state index contributed by atoms with van der Waals surface area (Å²) in [5.41, 5.74) is 1.63. The fraction of sp³-hybridized carbons (Fsp3) is 0.500. The standard InChI is InChI=1S/C14H16BrNO3/c15-11-7-9(12-3-1-2-4-16-12)13-14(10(11)8-17)19-6-5-18-13/h7-8,12,16H,1-6H2. The number of halogens is 1. The smallest absolute Gasteiger partial charge is 0.173 e. The number of piperidine rings is 1. The predicted octanol–water partition coefficient (Wildman–Crippen LogP) is 2.85. The van der Waals surface area contributed by atoms with E-state index in [1.807, 2.05) is 6.07 Å². The van der Waals surface area contributed by atoms with Gasteiger partial charge in [-0.2, -0.15) is 0 Å². The third-order valence-corrected chi connectivity index (χ3v) is 4.29. The van der Waals surface area contributed by atoms with Gasteiger partial charge >= 0.3 is 0 Å². The molecule has 0 radical (unpaired) electrons. The minimum Gasteiger partial charge on any atom is -0.486 e. The van der Waals surface area contributed by atoms with Crippen LogP contribution in [0.1, 0.15) is 41.2 Å². The molecule has 1 unspecified atom stereocenters. The molecule has 0 amide bonds. The summed E-state index contributed by atoms with van der Waals surface area (Å²) in [5.74, 6) is 1.31. The van der Waals surface area contributed by atoms with Crippen molar-refractivity contribution in [2.75, 3.05) is 19.8 Å². The molecule has 1 fully saturated rings. The van der Waals surface area contributed by atoms with Crippen LogP contribution in [0, 0.1) is 0 Å². The second-order valence-corrected chi connectivity index (χ2v) is 5.69. The van der Waals surface area contributed by atoms with Gasteiger partial charge in [-0.1, -0.05) is 6.42 Å². The molecule has 5 heteroatoms. The molecule has 2 aliphatic rings. The van der Waals surface area contributed by atoms with E-state index in [2.05, 4.69) is 21.2 Å². The number of benzene rings is 1. The SMILES string of the molecule is O=Cc1c(Br)cc(C2CCCCN2)c2c1OCCO2. The molecule has 1 aromatic rings. The van der Waals surface area contributed by atoms with E-state index < -0.39 is 0 Å². The number of nitrogens with one attached hydrogen (secondary N) is 1. The molecular weight excluding hydrogens is 310 g/mol. The van der Waals surface area contributed by atoms with Crippen LogP contribution in [0.25, 0.3) is 0 Å². The number of rotatable bonds is 2. The van der Waals surface area contributed by atoms with Gasteiger partial charge in [0.15, 0.2) is 17.8 Å². The van der Waals surface area contributed by atoms with Crippen molar-refractivity contribution in [2.45, 2.75) is 25.3 Å². The molecule has 19 heavy (non-hydrogen) atoms. The number of fused-ring (bicyclic) bond motifs is 1. The highest BCUT2D eigenvalue weighted by Crippen LogP contribution is 2.44. The minimum atomic E-state index is 0.279. The molecule has 1 aromatic carbocycles. The van der Waals surface area contributed by atoms with Gasteiger partial charge in [0.2, 0.25) is 0 Å². The molecule has 0 aliphatic carbocycles. The van der Waals surface area contributed by atoms with Crippen LogP contribution in [-0.4, -0.2) is 26.0 Å². The average molecular weight is 326 g/mol. The van der Waals surface area contributed by atoms with E-state index in [1.54, 1.807) is 0 Å². The lowest BCUT2D eigenvalue weighted by Gasteiger charge is -2.29. The molecule has 1 N–H and O–H groups in total. The maximum Gasteiger partial charge on any atom is 0.173 e. The predicted molar refractivity (Wildman–Crippen MR) is 75.1 cm³/mol. The summed E-state index contributed by atoms with van der Waals surface area (Å²) in [4.78, 5) is 11.2. The summed E-state index contributed by atoms with van der Waals surface area (Å²) in [6.45, 7) is 2.04. The first kappa shape index (κ1) is 12.9. The van der Waals surface area contributed by atoms with Crippen LogP contribution >= 0.6 is 15.9 Å². The molecule has 0 aromatic heterocycles. The molecule has 0 spiro atoms. The molecule has 1 atom stereocenters. The van der Waals surface area contributed by atoms with E-state index >= 15 is 0 Å². The third-order valence-electron chi connectivity index (χ3n) is 3.63. The van der Waals surface area contributed by atoms with E-state index in [4.69, 9.17) is 9.47 Å². The Balaban J connectivity index is 2.08. The largest absolute Gasteiger partial charge is 0.486 e. The zero-order valence-corrected chi connectivity index (χ0v) is 12.2. The van der Waals surface area contributed by atoms with Gasteiger partial charge < -0.3 is 14.8 Å². The number of carbonyl (C=O) groups is 1. The molecule has 3 rings (SSSR count). The zero-order valence-electron chi connectivity index (χ0n) is 10.6. The van der Waals surface area contributed by atoms with Crippen molar-refractivity contribution in [2.24, 2.45) is 0 Å². The van der Waals surface area contributed by atoms with Gasteiger partial charge in [-0.15, -0.1) is 0 Å². The quantitative estimate of drug-likeness (QED) is 0.849. The monoisotopic (exact) mass is 325 g/mol. The van der Waals surface area contributed by atoms with Gasteiger partial charge in [-0.25, -0.2) is 0 Å². The normalized spacial score (nSPS) is 22.1. The highest BCUT2D eigenvalue weighted by Gasteiger charge is 2.27. The van der Waals surface area contributed by atoms with Crippen molar-refractivity contribution in [1.82, 2.24) is 5.32 Å². The molecule has 2 aliphatic heterocycles. The van der Waals surface area contributed by atoms with Crippen LogP contribution in [0.3, 0.4) is 0 Å². The van der Waals surface area contributed by atoms with Crippen LogP contribution < -0.4 is 14.8 Å². The third kappa shape index (κ3) is 2.37. The van der Waals surface area contributed by atoms with E-state index in [0.717, 1.165) is 35.0 Å². The van der Waals surface area contributed by atoms with Gasteiger partial charge in [0, 0.05) is 16.1 Å². The molecule has 2 heterocycles. The van der Waals surface area contributed by atoms with Crippen molar-refractivity contribution in [3.8, 4) is 11.5 Å². The number of carbonyl (C=O) groups excluding carboxylic acids is 1. The second kappa shape index (κ2) is 5.51. The molecule has 4 nitrogen and oxygen atoms in total. The molecule has 0 saturated carbocycles. The minimum absolute atomic E-state index is 0.279. The Kier molecular flexibility index (Phi) is 3.75. The van der Waals surface area contributed by atoms with Crippen LogP contribution in [0.2, 0.25) is 0 Å². The summed E-state index contributed by atoms with van der Waals surface area (Å²) in [6.07, 6.45) is 4.32. The summed E-state index contributed by atoms with van der Waals surface area (Å²) in [6, 6.07) is 2.27. The van der Waals surface area contributed by atoms with Crippen LogP contribution in [-0.2, 0) is 0 Å². The first-order chi connectivity index (χ1) is 9.31. The summed E-state index contributed by atoms with van der Waals surface area (Å²) in [5, 5.41) is 3.51. The van der Waals surface area contributed by atoms with Crippen molar-refractivity contribution in [3.63, 3.8) is 0 Å². The molecule has 102 valence electrons. The number of hydrogen-bond donors (Lipinski definition) is 1. The Hall–Kier alpha value is -1.07. The Morgan fingerprint density at radius 1 is 1.26 bits per heavy atom. The van der Waals surface area contributed by atoms with Gasteiger partial charge in [0.1, 0.15) is 13.2 Å². The molecule has 1 saturated heterocycles. The van der Waals surface area contributed by atoms with Crippen molar-refractivity contribution >= 4 is 22.2 Å². The zero-order chi connectivity index (χ0) is 13.2. The summed E-state index contributed by atoms with van der Waals surface area (Å²) < 4.78 is 12.2. The molecular formula is C14H16BrNO3. The highest BCUT2D eigenvalue weighted by atomic mass is 79.9. The first-order valence-electron chi connectivity index (χ1n) is 6.62. The van der Waals surface area contributed by atoms with E-state index in [0.29, 0.717) is 24.5 Å². The Bertz CT molecular complexity index is 498. The lowest BCUT2D eigenvalue weighted by molar-refractivity contribution is 0.111. The topological polar surface area (TPSA) is 47.6 Å². The number of hydrogen-bond acceptors (Lipinski definition) is 4. The second-order valence-electron chi connectivity index (χ2n) is 4.84. The maximum absolute atomic E-state index is 11.2. The van der Waals surface area contributed by atoms with E-state index in [-0.39, 0.29) is 6.04 Å². The number of aldehydes is 1. The Labute approximate surface area is 120 Å². The Morgan fingerprint density at radius 3 is 2.74 bits per heavy atom. The average Bonchev–Trinajstić information content (AvgIpc) is 2.47. The van der Waals surface area contributed by atoms with Crippen LogP contribution in [0.5, 0.6) is 11.5 Å². The summed E-state index contributed by atoms with van der Waals surface area (Å²) >= 11 is 3.46. The van der Waals surface area contributed by atoms with Crippen molar-refractivity contribution in [1.29, 1.82) is 0 Å². The van der Waals surface area contributed by atoms with Crippen molar-refractivity contribution < 1.29 is 14.3 Å². The van der Waals surface area contributed by atoms with Gasteiger partial charge in [-0.05, 0) is 41.4 Å². The maximum atomic E-state index is 11.2. The van der Waals surface area contributed by atoms with Gasteiger partial charge in [0.05, 0.1) is 5.56 Å². The fourth-order valence-electron chi connectivity index (χ4n) is 2.71. The molecule has 0 bridgehead atoms. The summed E-state index contributed by atoms with van der Waals surface area (Å²) in [7, 11) is 0. The Morgan fingerprint density at radius 2 is 2.05 bits per heavy atom. The fourth-order valence-corrected chi connectivity index (χ4v) is 3.23. The van der Waals surface area contributed by atoms with Crippen LogP contribution in [0.15, 0.2) is 10.5 Å².